The molecule has 2 aromatic rings. The summed E-state index contributed by atoms with van der Waals surface area (Å²) >= 11 is 0. The Bertz CT molecular complexity index is 875. The van der Waals surface area contributed by atoms with Crippen molar-refractivity contribution in [2.45, 2.75) is 50.0 Å². The van der Waals surface area contributed by atoms with Crippen molar-refractivity contribution in [1.82, 2.24) is 0 Å². The normalized spacial score (nSPS) is 20.7. The molecule has 2 aromatic carbocycles. The Morgan fingerprint density at radius 1 is 1.21 bits per heavy atom. The molecule has 1 atom stereocenters. The predicted molar refractivity (Wildman–Crippen MR) is 112 cm³/mol. The average Bonchev–Trinajstić information content (AvgIpc) is 2.63. The van der Waals surface area contributed by atoms with E-state index in [4.69, 9.17) is 15.8 Å². The fourth-order valence-corrected chi connectivity index (χ4v) is 4.31. The highest BCUT2D eigenvalue weighted by molar-refractivity contribution is 6.40. The number of unbranched alkanes of at least 4 members (excludes halogenated alkanes) is 1. The summed E-state index contributed by atoms with van der Waals surface area (Å²) in [4.78, 5) is 13.9. The van der Waals surface area contributed by atoms with Crippen LogP contribution in [0, 0.1) is 11.7 Å². The van der Waals surface area contributed by atoms with Crippen molar-refractivity contribution >= 4 is 29.5 Å². The van der Waals surface area contributed by atoms with Gasteiger partial charge in [0.05, 0.1) is 0 Å². The van der Waals surface area contributed by atoms with Gasteiger partial charge in [-0.1, -0.05) is 37.1 Å². The second-order valence-electron chi connectivity index (χ2n) is 8.12. The van der Waals surface area contributed by atoms with Crippen LogP contribution in [0.15, 0.2) is 36.4 Å². The Balaban J connectivity index is 1.67. The van der Waals surface area contributed by atoms with E-state index in [9.17, 15) is 14.3 Å². The van der Waals surface area contributed by atoms with Gasteiger partial charge < -0.3 is 25.8 Å². The van der Waals surface area contributed by atoms with Gasteiger partial charge in [0.1, 0.15) is 11.4 Å². The van der Waals surface area contributed by atoms with E-state index in [0.29, 0.717) is 37.5 Å². The van der Waals surface area contributed by atoms with Crippen LogP contribution in [-0.2, 0) is 4.79 Å². The molecule has 0 spiro atoms. The number of carboxylic acid groups (broad SMARTS) is 1. The Hall–Kier alpha value is -2.16. The molecule has 1 saturated carbocycles. The molecular formula is C21H28BFN2O4. The van der Waals surface area contributed by atoms with Gasteiger partial charge in [-0.2, -0.15) is 0 Å². The van der Waals surface area contributed by atoms with E-state index in [1.54, 1.807) is 12.1 Å². The number of anilines is 1. The summed E-state index contributed by atoms with van der Waals surface area (Å²) in [6.07, 6.45) is 2.85. The zero-order valence-electron chi connectivity index (χ0n) is 16.6. The molecule has 1 aliphatic carbocycles. The smallest absolute Gasteiger partial charge is 0.451 e. The van der Waals surface area contributed by atoms with Gasteiger partial charge in [0.2, 0.25) is 0 Å². The van der Waals surface area contributed by atoms with Gasteiger partial charge >= 0.3 is 13.1 Å². The summed E-state index contributed by atoms with van der Waals surface area (Å²) in [7, 11) is 0.571. The van der Waals surface area contributed by atoms with Crippen LogP contribution in [0.25, 0.3) is 10.8 Å². The lowest BCUT2D eigenvalue weighted by atomic mass is 9.65. The Morgan fingerprint density at radius 3 is 2.52 bits per heavy atom. The minimum atomic E-state index is -1.38. The van der Waals surface area contributed by atoms with Crippen molar-refractivity contribution in [2.24, 2.45) is 11.7 Å². The Labute approximate surface area is 170 Å². The molecule has 6 nitrogen and oxygen atoms in total. The van der Waals surface area contributed by atoms with Gasteiger partial charge in [-0.3, -0.25) is 4.79 Å². The van der Waals surface area contributed by atoms with Crippen LogP contribution in [0.3, 0.4) is 0 Å². The number of nitrogens with two attached hydrogens (primary N) is 1. The largest absolute Gasteiger partial charge is 0.480 e. The summed E-state index contributed by atoms with van der Waals surface area (Å²) in [5.74, 6) is -1.43. The number of halogens is 1. The van der Waals surface area contributed by atoms with E-state index in [-0.39, 0.29) is 24.1 Å². The van der Waals surface area contributed by atoms with Crippen LogP contribution in [0.2, 0.25) is 6.32 Å². The number of carbonyl (C=O) groups is 1. The molecule has 0 heterocycles. The Kier molecular flexibility index (Phi) is 6.46. The molecule has 0 radical (unpaired) electrons. The van der Waals surface area contributed by atoms with Gasteiger partial charge in [0, 0.05) is 29.5 Å². The van der Waals surface area contributed by atoms with Gasteiger partial charge in [0.25, 0.3) is 0 Å². The zero-order valence-corrected chi connectivity index (χ0v) is 16.6. The minimum Gasteiger partial charge on any atom is -0.480 e. The van der Waals surface area contributed by atoms with Crippen molar-refractivity contribution in [2.75, 3.05) is 11.9 Å². The van der Waals surface area contributed by atoms with Crippen molar-refractivity contribution in [1.29, 1.82) is 0 Å². The molecule has 0 unspecified atom stereocenters. The number of aliphatic carboxylic acids is 1. The maximum absolute atomic E-state index is 14.1. The van der Waals surface area contributed by atoms with E-state index in [1.807, 2.05) is 25.2 Å². The van der Waals surface area contributed by atoms with E-state index >= 15 is 0 Å². The number of benzene rings is 2. The summed E-state index contributed by atoms with van der Waals surface area (Å²) in [6, 6.07) is 10.7. The second kappa shape index (κ2) is 8.69. The molecule has 0 amide bonds. The van der Waals surface area contributed by atoms with Gasteiger partial charge in [-0.05, 0) is 43.6 Å². The van der Waals surface area contributed by atoms with Crippen LogP contribution in [-0.4, -0.2) is 46.9 Å². The monoisotopic (exact) mass is 402 g/mol. The van der Waals surface area contributed by atoms with Crippen LogP contribution < -0.4 is 10.6 Å². The quantitative estimate of drug-likeness (QED) is 0.380. The van der Waals surface area contributed by atoms with Crippen molar-refractivity contribution in [3.05, 3.63) is 42.2 Å². The summed E-state index contributed by atoms with van der Waals surface area (Å²) in [6.45, 7) is 0. The molecule has 1 fully saturated rings. The molecule has 3 rings (SSSR count). The molecule has 1 aliphatic rings. The molecule has 0 bridgehead atoms. The van der Waals surface area contributed by atoms with Gasteiger partial charge in [-0.25, -0.2) is 4.39 Å². The predicted octanol–water partition coefficient (Wildman–Crippen LogP) is 2.62. The van der Waals surface area contributed by atoms with E-state index in [0.717, 1.165) is 11.1 Å². The first-order valence-corrected chi connectivity index (χ1v) is 10.0. The fourth-order valence-electron chi connectivity index (χ4n) is 4.31. The molecular weight excluding hydrogens is 374 g/mol. The molecule has 29 heavy (non-hydrogen) atoms. The lowest BCUT2D eigenvalue weighted by molar-refractivity contribution is -0.147. The topological polar surface area (TPSA) is 107 Å². The number of carboxylic acids is 1. The first kappa shape index (κ1) is 21.6. The third-order valence-corrected chi connectivity index (χ3v) is 6.32. The van der Waals surface area contributed by atoms with Crippen molar-refractivity contribution < 1.29 is 24.3 Å². The number of nitrogens with zero attached hydrogens (tertiary/aromatic N) is 1. The first-order chi connectivity index (χ1) is 13.7. The van der Waals surface area contributed by atoms with E-state index in [2.05, 4.69) is 4.90 Å². The summed E-state index contributed by atoms with van der Waals surface area (Å²) in [5, 5.41) is 29.0. The maximum Gasteiger partial charge on any atom is 0.451 e. The highest BCUT2D eigenvalue weighted by Gasteiger charge is 2.49. The lowest BCUT2D eigenvalue weighted by Crippen LogP contribution is -2.61. The minimum absolute atomic E-state index is 0.135. The van der Waals surface area contributed by atoms with Crippen LogP contribution >= 0.6 is 0 Å². The lowest BCUT2D eigenvalue weighted by Gasteiger charge is -2.48. The SMILES string of the molecule is CN(c1cccc2c(F)cccc12)[C@H]1C[C@H]([C@@](N)(CCCCB(O)O)C(=O)O)C1. The highest BCUT2D eigenvalue weighted by Crippen LogP contribution is 2.42. The van der Waals surface area contributed by atoms with Crippen LogP contribution in [0.5, 0.6) is 0 Å². The van der Waals surface area contributed by atoms with Crippen molar-refractivity contribution in [3.63, 3.8) is 0 Å². The molecule has 8 heteroatoms. The first-order valence-electron chi connectivity index (χ1n) is 10.0. The summed E-state index contributed by atoms with van der Waals surface area (Å²) in [5.41, 5.74) is 5.88. The second-order valence-corrected chi connectivity index (χ2v) is 8.12. The molecule has 0 aromatic heterocycles. The highest BCUT2D eigenvalue weighted by atomic mass is 19.1. The third kappa shape index (κ3) is 4.39. The Morgan fingerprint density at radius 2 is 1.86 bits per heavy atom. The standard InChI is InChI=1S/C21H28BFN2O4/c1-25(19-9-5-6-16-17(19)7-4-8-18(16)23)15-12-14(13-15)21(24,20(26)27)10-2-3-11-22(28)29/h4-9,14-15,28-29H,2-3,10-13,24H2,1H3,(H,26,27)/t14-,15-,21-/m0/s1. The van der Waals surface area contributed by atoms with Crippen LogP contribution in [0.4, 0.5) is 10.1 Å². The zero-order chi connectivity index (χ0) is 21.2. The molecule has 0 aliphatic heterocycles. The number of hydrogen-bond donors (Lipinski definition) is 4. The van der Waals surface area contributed by atoms with E-state index < -0.39 is 18.6 Å². The van der Waals surface area contributed by atoms with Crippen molar-refractivity contribution in [3.8, 4) is 0 Å². The fraction of sp³-hybridized carbons (Fsp3) is 0.476. The maximum atomic E-state index is 14.1. The average molecular weight is 402 g/mol. The summed E-state index contributed by atoms with van der Waals surface area (Å²) < 4.78 is 14.1. The van der Waals surface area contributed by atoms with E-state index in [1.165, 1.54) is 6.07 Å². The third-order valence-electron chi connectivity index (χ3n) is 6.32. The van der Waals surface area contributed by atoms with Gasteiger partial charge in [-0.15, -0.1) is 0 Å². The number of fused-ring (bicyclic) bond motifs is 1. The molecule has 156 valence electrons. The molecule has 0 saturated heterocycles. The molecule has 5 N–H and O–H groups in total. The van der Waals surface area contributed by atoms with Gasteiger partial charge in [0.15, 0.2) is 0 Å². The van der Waals surface area contributed by atoms with Crippen LogP contribution in [0.1, 0.15) is 32.1 Å². The number of rotatable bonds is 9. The number of hydrogen-bond acceptors (Lipinski definition) is 5.